The Labute approximate surface area is 118 Å². The summed E-state index contributed by atoms with van der Waals surface area (Å²) in [5.74, 6) is 0.783. The molecule has 0 saturated carbocycles. The maximum absolute atomic E-state index is 5.09. The van der Waals surface area contributed by atoms with Crippen LogP contribution >= 0.6 is 0 Å². The van der Waals surface area contributed by atoms with Gasteiger partial charge in [-0.1, -0.05) is 57.6 Å². The van der Waals surface area contributed by atoms with Crippen LogP contribution in [0.2, 0.25) is 0 Å². The van der Waals surface area contributed by atoms with Crippen molar-refractivity contribution in [3.63, 3.8) is 0 Å². The zero-order chi connectivity index (χ0) is 13.8. The third-order valence-corrected chi connectivity index (χ3v) is 3.27. The predicted octanol–water partition coefficient (Wildman–Crippen LogP) is 5.31. The van der Waals surface area contributed by atoms with Crippen molar-refractivity contribution < 1.29 is 9.78 Å². The molecule has 0 bridgehead atoms. The smallest absolute Gasteiger partial charge is 0.165 e. The van der Waals surface area contributed by atoms with Gasteiger partial charge in [0.05, 0.1) is 6.61 Å². The third kappa shape index (κ3) is 7.89. The Morgan fingerprint density at radius 1 is 0.789 bits per heavy atom. The van der Waals surface area contributed by atoms with Gasteiger partial charge in [0.15, 0.2) is 5.75 Å². The maximum atomic E-state index is 5.09. The van der Waals surface area contributed by atoms with Gasteiger partial charge in [0.25, 0.3) is 0 Å². The van der Waals surface area contributed by atoms with Crippen LogP contribution in [0, 0.1) is 0 Å². The van der Waals surface area contributed by atoms with Gasteiger partial charge >= 0.3 is 0 Å². The van der Waals surface area contributed by atoms with Crippen molar-refractivity contribution in [3.8, 4) is 5.75 Å². The summed E-state index contributed by atoms with van der Waals surface area (Å²) in [7, 11) is 0. The lowest BCUT2D eigenvalue weighted by atomic mass is 10.0. The first-order chi connectivity index (χ1) is 9.36. The van der Waals surface area contributed by atoms with E-state index in [2.05, 4.69) is 19.1 Å². The van der Waals surface area contributed by atoms with Gasteiger partial charge < -0.3 is 4.89 Å². The van der Waals surface area contributed by atoms with E-state index in [-0.39, 0.29) is 0 Å². The van der Waals surface area contributed by atoms with Crippen molar-refractivity contribution >= 4 is 0 Å². The summed E-state index contributed by atoms with van der Waals surface area (Å²) >= 11 is 0. The number of aryl methyl sites for hydroxylation is 1. The van der Waals surface area contributed by atoms with Gasteiger partial charge in [-0.3, -0.25) is 0 Å². The highest BCUT2D eigenvalue weighted by molar-refractivity contribution is 5.26. The predicted molar refractivity (Wildman–Crippen MR) is 80.4 cm³/mol. The van der Waals surface area contributed by atoms with Crippen LogP contribution in [0.4, 0.5) is 0 Å². The van der Waals surface area contributed by atoms with Gasteiger partial charge in [-0.25, -0.2) is 0 Å². The molecule has 19 heavy (non-hydrogen) atoms. The molecule has 0 fully saturated rings. The normalized spacial score (nSPS) is 10.6. The number of rotatable bonds is 11. The molecule has 0 N–H and O–H groups in total. The van der Waals surface area contributed by atoms with Crippen molar-refractivity contribution in [1.82, 2.24) is 0 Å². The zero-order valence-corrected chi connectivity index (χ0v) is 12.5. The van der Waals surface area contributed by atoms with Crippen LogP contribution in [-0.4, -0.2) is 6.61 Å². The minimum absolute atomic E-state index is 0.569. The van der Waals surface area contributed by atoms with E-state index in [0.717, 1.165) is 5.75 Å². The molecule has 1 aromatic rings. The highest BCUT2D eigenvalue weighted by atomic mass is 17.2. The van der Waals surface area contributed by atoms with Gasteiger partial charge in [0.2, 0.25) is 0 Å². The summed E-state index contributed by atoms with van der Waals surface area (Å²) in [6.07, 6.45) is 10.7. The maximum Gasteiger partial charge on any atom is 0.165 e. The first-order valence-electron chi connectivity index (χ1n) is 7.75. The Morgan fingerprint density at radius 2 is 1.42 bits per heavy atom. The molecule has 0 aliphatic heterocycles. The van der Waals surface area contributed by atoms with Crippen molar-refractivity contribution in [2.24, 2.45) is 0 Å². The van der Waals surface area contributed by atoms with Gasteiger partial charge in [-0.05, 0) is 37.5 Å². The number of unbranched alkanes of at least 4 members (excludes halogenated alkanes) is 6. The molecule has 0 aromatic heterocycles. The molecule has 0 aliphatic carbocycles. The average Bonchev–Trinajstić information content (AvgIpc) is 2.45. The van der Waals surface area contributed by atoms with Crippen LogP contribution < -0.4 is 4.89 Å². The Balaban J connectivity index is 2.09. The fourth-order valence-electron chi connectivity index (χ4n) is 2.12. The van der Waals surface area contributed by atoms with E-state index in [1.165, 1.54) is 56.9 Å². The molecule has 0 amide bonds. The molecule has 1 rings (SSSR count). The Hall–Kier alpha value is -1.02. The monoisotopic (exact) mass is 264 g/mol. The second-order valence-electron chi connectivity index (χ2n) is 5.01. The van der Waals surface area contributed by atoms with Gasteiger partial charge in [-0.15, -0.1) is 0 Å². The van der Waals surface area contributed by atoms with Crippen molar-refractivity contribution in [2.75, 3.05) is 6.61 Å². The molecule has 0 heterocycles. The van der Waals surface area contributed by atoms with E-state index in [0.29, 0.717) is 6.61 Å². The van der Waals surface area contributed by atoms with E-state index in [4.69, 9.17) is 9.78 Å². The van der Waals surface area contributed by atoms with Gasteiger partial charge in [0, 0.05) is 0 Å². The molecule has 0 saturated heterocycles. The minimum Gasteiger partial charge on any atom is -0.338 e. The SMILES string of the molecule is CCCCCCCCCc1ccc(OOCC)cc1. The van der Waals surface area contributed by atoms with Gasteiger partial charge in [-0.2, -0.15) is 4.89 Å². The fraction of sp³-hybridized carbons (Fsp3) is 0.647. The minimum atomic E-state index is 0.569. The average molecular weight is 264 g/mol. The highest BCUT2D eigenvalue weighted by Gasteiger charge is 1.97. The van der Waals surface area contributed by atoms with Crippen molar-refractivity contribution in [1.29, 1.82) is 0 Å². The van der Waals surface area contributed by atoms with Crippen LogP contribution in [0.15, 0.2) is 24.3 Å². The van der Waals surface area contributed by atoms with Gasteiger partial charge in [0.1, 0.15) is 0 Å². The lowest BCUT2D eigenvalue weighted by Gasteiger charge is -2.05. The van der Waals surface area contributed by atoms with Crippen LogP contribution in [0.1, 0.15) is 64.4 Å². The second kappa shape index (κ2) is 10.9. The molecule has 0 unspecified atom stereocenters. The largest absolute Gasteiger partial charge is 0.338 e. The summed E-state index contributed by atoms with van der Waals surface area (Å²) in [5.41, 5.74) is 1.39. The van der Waals surface area contributed by atoms with Crippen LogP contribution in [0.5, 0.6) is 5.75 Å². The molecule has 0 aliphatic rings. The van der Waals surface area contributed by atoms with E-state index >= 15 is 0 Å². The van der Waals surface area contributed by atoms with E-state index in [1.807, 2.05) is 19.1 Å². The molecule has 108 valence electrons. The topological polar surface area (TPSA) is 18.5 Å². The molecule has 0 spiro atoms. The van der Waals surface area contributed by atoms with Crippen molar-refractivity contribution in [3.05, 3.63) is 29.8 Å². The summed E-state index contributed by atoms with van der Waals surface area (Å²) in [6.45, 7) is 4.74. The Morgan fingerprint density at radius 3 is 2.05 bits per heavy atom. The first kappa shape index (κ1) is 16.0. The van der Waals surface area contributed by atoms with Crippen LogP contribution in [0.25, 0.3) is 0 Å². The van der Waals surface area contributed by atoms with Crippen molar-refractivity contribution in [2.45, 2.75) is 65.2 Å². The molecule has 2 nitrogen and oxygen atoms in total. The van der Waals surface area contributed by atoms with Crippen LogP contribution in [-0.2, 0) is 11.3 Å². The number of hydrogen-bond donors (Lipinski definition) is 0. The first-order valence-corrected chi connectivity index (χ1v) is 7.75. The van der Waals surface area contributed by atoms with E-state index in [9.17, 15) is 0 Å². The summed E-state index contributed by atoms with van der Waals surface area (Å²) < 4.78 is 0. The van der Waals surface area contributed by atoms with E-state index < -0.39 is 0 Å². The standard InChI is InChI=1S/C17H28O2/c1-3-5-6-7-8-9-10-11-16-12-14-17(15-13-16)19-18-4-2/h12-15H,3-11H2,1-2H3. The highest BCUT2D eigenvalue weighted by Crippen LogP contribution is 2.15. The lowest BCUT2D eigenvalue weighted by molar-refractivity contribution is -0.202. The molecule has 1 aromatic carbocycles. The summed E-state index contributed by atoms with van der Waals surface area (Å²) in [6, 6.07) is 8.22. The summed E-state index contributed by atoms with van der Waals surface area (Å²) in [5, 5.41) is 0. The second-order valence-corrected chi connectivity index (χ2v) is 5.01. The summed E-state index contributed by atoms with van der Waals surface area (Å²) in [4.78, 5) is 10.00. The van der Waals surface area contributed by atoms with E-state index in [1.54, 1.807) is 0 Å². The zero-order valence-electron chi connectivity index (χ0n) is 12.5. The molecular weight excluding hydrogens is 236 g/mol. The molecule has 0 atom stereocenters. The Bertz CT molecular complexity index is 306. The lowest BCUT2D eigenvalue weighted by Crippen LogP contribution is -1.95. The molecule has 2 heteroatoms. The number of hydrogen-bond acceptors (Lipinski definition) is 2. The van der Waals surface area contributed by atoms with Crippen LogP contribution in [0.3, 0.4) is 0 Å². The number of benzene rings is 1. The Kier molecular flexibility index (Phi) is 9.17. The quantitative estimate of drug-likeness (QED) is 0.306. The fourth-order valence-corrected chi connectivity index (χ4v) is 2.12. The molecular formula is C17H28O2. The molecule has 0 radical (unpaired) electrons. The third-order valence-electron chi connectivity index (χ3n) is 3.27.